The van der Waals surface area contributed by atoms with Crippen molar-refractivity contribution in [3.05, 3.63) is 0 Å². The van der Waals surface area contributed by atoms with Gasteiger partial charge in [0.2, 0.25) is 0 Å². The van der Waals surface area contributed by atoms with Crippen molar-refractivity contribution in [2.45, 2.75) is 161 Å². The lowest BCUT2D eigenvalue weighted by Gasteiger charge is -2.22. The van der Waals surface area contributed by atoms with Crippen LogP contribution in [-0.4, -0.2) is 34.1 Å². The highest BCUT2D eigenvalue weighted by Crippen LogP contribution is 2.25. The van der Waals surface area contributed by atoms with Crippen LogP contribution in [0.25, 0.3) is 0 Å². The van der Waals surface area contributed by atoms with Crippen LogP contribution < -0.4 is 0 Å². The molecule has 0 bridgehead atoms. The predicted molar refractivity (Wildman–Crippen MR) is 131 cm³/mol. The zero-order valence-corrected chi connectivity index (χ0v) is 20.6. The van der Waals surface area contributed by atoms with E-state index in [0.717, 1.165) is 6.42 Å². The van der Waals surface area contributed by atoms with Crippen molar-refractivity contribution >= 4 is 0 Å². The van der Waals surface area contributed by atoms with Gasteiger partial charge in [0, 0.05) is 6.42 Å². The molecule has 3 heteroatoms. The average Bonchev–Trinajstić information content (AvgIpc) is 2.73. The van der Waals surface area contributed by atoms with Gasteiger partial charge in [-0.05, 0) is 12.3 Å². The highest BCUT2D eigenvalue weighted by molar-refractivity contribution is 4.69. The first-order chi connectivity index (χ1) is 14.6. The number of rotatable bonds is 24. The van der Waals surface area contributed by atoms with Gasteiger partial charge in [-0.15, -0.1) is 0 Å². The van der Waals surface area contributed by atoms with Crippen molar-refractivity contribution in [3.8, 4) is 0 Å². The van der Waals surface area contributed by atoms with E-state index >= 15 is 0 Å². The summed E-state index contributed by atoms with van der Waals surface area (Å²) in [6.07, 6.45) is 25.2. The third kappa shape index (κ3) is 21.1. The Morgan fingerprint density at radius 1 is 0.467 bits per heavy atom. The average molecular weight is 429 g/mol. The van der Waals surface area contributed by atoms with Gasteiger partial charge in [0.1, 0.15) is 0 Å². The normalized spacial score (nSPS) is 14.7. The molecule has 0 aromatic carbocycles. The first-order valence-electron chi connectivity index (χ1n) is 13.6. The SMILES string of the molecule is CCCCCCCCCCCC(CCCCCCCCCC)CC(O)CC(O)CO. The highest BCUT2D eigenvalue weighted by atomic mass is 16.3. The fourth-order valence-corrected chi connectivity index (χ4v) is 4.56. The summed E-state index contributed by atoms with van der Waals surface area (Å²) in [5.41, 5.74) is 0. The third-order valence-electron chi connectivity index (χ3n) is 6.54. The van der Waals surface area contributed by atoms with E-state index in [2.05, 4.69) is 13.8 Å². The summed E-state index contributed by atoms with van der Waals surface area (Å²) < 4.78 is 0. The van der Waals surface area contributed by atoms with E-state index in [0.29, 0.717) is 12.3 Å². The number of hydrogen-bond acceptors (Lipinski definition) is 3. The number of unbranched alkanes of at least 4 members (excludes halogenated alkanes) is 15. The Balaban J connectivity index is 3.98. The van der Waals surface area contributed by atoms with Crippen molar-refractivity contribution < 1.29 is 15.3 Å². The van der Waals surface area contributed by atoms with Gasteiger partial charge in [-0.25, -0.2) is 0 Å². The molecule has 182 valence electrons. The number of aliphatic hydroxyl groups excluding tert-OH is 3. The van der Waals surface area contributed by atoms with Crippen LogP contribution in [0.4, 0.5) is 0 Å². The molecule has 0 heterocycles. The molecule has 0 aliphatic rings. The van der Waals surface area contributed by atoms with Gasteiger partial charge >= 0.3 is 0 Å². The van der Waals surface area contributed by atoms with Crippen molar-refractivity contribution in [2.75, 3.05) is 6.61 Å². The molecule has 0 fully saturated rings. The first-order valence-corrected chi connectivity index (χ1v) is 13.6. The van der Waals surface area contributed by atoms with Crippen LogP contribution in [0.3, 0.4) is 0 Å². The zero-order valence-electron chi connectivity index (χ0n) is 20.6. The van der Waals surface area contributed by atoms with Gasteiger partial charge in [-0.1, -0.05) is 136 Å². The Bertz CT molecular complexity index is 321. The van der Waals surface area contributed by atoms with Gasteiger partial charge in [0.25, 0.3) is 0 Å². The smallest absolute Gasteiger partial charge is 0.0795 e. The second kappa shape index (κ2) is 23.5. The van der Waals surface area contributed by atoms with Crippen LogP contribution in [0, 0.1) is 5.92 Å². The minimum Gasteiger partial charge on any atom is -0.394 e. The van der Waals surface area contributed by atoms with E-state index in [4.69, 9.17) is 5.11 Å². The Morgan fingerprint density at radius 2 is 0.833 bits per heavy atom. The van der Waals surface area contributed by atoms with E-state index in [1.165, 1.54) is 122 Å². The maximum absolute atomic E-state index is 10.3. The minimum absolute atomic E-state index is 0.252. The summed E-state index contributed by atoms with van der Waals surface area (Å²) >= 11 is 0. The molecular formula is C27H56O3. The summed E-state index contributed by atoms with van der Waals surface area (Å²) in [5, 5.41) is 29.0. The molecule has 0 spiro atoms. The van der Waals surface area contributed by atoms with Gasteiger partial charge in [0.15, 0.2) is 0 Å². The minimum atomic E-state index is -0.781. The van der Waals surface area contributed by atoms with E-state index < -0.39 is 12.2 Å². The molecule has 0 radical (unpaired) electrons. The molecule has 0 saturated carbocycles. The second-order valence-corrected chi connectivity index (χ2v) is 9.71. The van der Waals surface area contributed by atoms with E-state index in [1.807, 2.05) is 0 Å². The molecule has 0 saturated heterocycles. The molecule has 0 rings (SSSR count). The fraction of sp³-hybridized carbons (Fsp3) is 1.00. The topological polar surface area (TPSA) is 60.7 Å². The molecular weight excluding hydrogens is 372 g/mol. The third-order valence-corrected chi connectivity index (χ3v) is 6.54. The molecule has 0 aliphatic carbocycles. The Hall–Kier alpha value is -0.120. The van der Waals surface area contributed by atoms with Crippen molar-refractivity contribution in [3.63, 3.8) is 0 Å². The molecule has 0 amide bonds. The van der Waals surface area contributed by atoms with Crippen molar-refractivity contribution in [1.82, 2.24) is 0 Å². The maximum Gasteiger partial charge on any atom is 0.0795 e. The number of aliphatic hydroxyl groups is 3. The molecule has 0 aliphatic heterocycles. The molecule has 3 N–H and O–H groups in total. The molecule has 3 nitrogen and oxygen atoms in total. The van der Waals surface area contributed by atoms with Crippen LogP contribution >= 0.6 is 0 Å². The Labute approximate surface area is 189 Å². The predicted octanol–water partition coefficient (Wildman–Crippen LogP) is 7.55. The van der Waals surface area contributed by atoms with Gasteiger partial charge in [-0.3, -0.25) is 0 Å². The van der Waals surface area contributed by atoms with Crippen LogP contribution in [0.15, 0.2) is 0 Å². The summed E-state index contributed by atoms with van der Waals surface area (Å²) in [5.74, 6) is 0.565. The van der Waals surface area contributed by atoms with Crippen LogP contribution in [0.1, 0.15) is 149 Å². The van der Waals surface area contributed by atoms with E-state index in [-0.39, 0.29) is 6.61 Å². The summed E-state index contributed by atoms with van der Waals surface area (Å²) in [4.78, 5) is 0. The maximum atomic E-state index is 10.3. The Kier molecular flexibility index (Phi) is 23.4. The van der Waals surface area contributed by atoms with Crippen molar-refractivity contribution in [2.24, 2.45) is 5.92 Å². The van der Waals surface area contributed by atoms with Gasteiger partial charge in [-0.2, -0.15) is 0 Å². The molecule has 3 atom stereocenters. The lowest BCUT2D eigenvalue weighted by atomic mass is 9.88. The van der Waals surface area contributed by atoms with Crippen molar-refractivity contribution in [1.29, 1.82) is 0 Å². The summed E-state index contributed by atoms with van der Waals surface area (Å²) in [7, 11) is 0. The molecule has 0 aromatic heterocycles. The quantitative estimate of drug-likeness (QED) is 0.139. The van der Waals surface area contributed by atoms with Crippen LogP contribution in [0.2, 0.25) is 0 Å². The zero-order chi connectivity index (χ0) is 22.3. The molecule has 3 unspecified atom stereocenters. The highest BCUT2D eigenvalue weighted by Gasteiger charge is 2.17. The second-order valence-electron chi connectivity index (χ2n) is 9.71. The Morgan fingerprint density at radius 3 is 1.20 bits per heavy atom. The fourth-order valence-electron chi connectivity index (χ4n) is 4.56. The van der Waals surface area contributed by atoms with Gasteiger partial charge in [0.05, 0.1) is 18.8 Å². The van der Waals surface area contributed by atoms with E-state index in [1.54, 1.807) is 0 Å². The molecule has 0 aromatic rings. The number of hydrogen-bond donors (Lipinski definition) is 3. The lowest BCUT2D eigenvalue weighted by molar-refractivity contribution is 0.0313. The van der Waals surface area contributed by atoms with Crippen LogP contribution in [-0.2, 0) is 0 Å². The summed E-state index contributed by atoms with van der Waals surface area (Å²) in [6.45, 7) is 4.28. The standard InChI is InChI=1S/C27H56O3/c1-3-5-7-9-11-13-15-17-19-21-25(22-26(29)23-27(30)24-28)20-18-16-14-12-10-8-6-4-2/h25-30H,3-24H2,1-2H3. The van der Waals surface area contributed by atoms with Gasteiger partial charge < -0.3 is 15.3 Å². The lowest BCUT2D eigenvalue weighted by Crippen LogP contribution is -2.23. The van der Waals surface area contributed by atoms with Crippen LogP contribution in [0.5, 0.6) is 0 Å². The largest absolute Gasteiger partial charge is 0.394 e. The monoisotopic (exact) mass is 428 g/mol. The molecule has 30 heavy (non-hydrogen) atoms. The first kappa shape index (κ1) is 29.9. The van der Waals surface area contributed by atoms with E-state index in [9.17, 15) is 10.2 Å². The summed E-state index contributed by atoms with van der Waals surface area (Å²) in [6, 6.07) is 0.